The number of halogens is 1. The Hall–Kier alpha value is -2.46. The Balaban J connectivity index is 1.07. The zero-order valence-electron chi connectivity index (χ0n) is 25.3. The van der Waals surface area contributed by atoms with Crippen molar-refractivity contribution in [2.75, 3.05) is 46.0 Å². The number of amides is 1. The maximum absolute atomic E-state index is 13.2. The molecule has 2 saturated heterocycles. The van der Waals surface area contributed by atoms with Gasteiger partial charge in [-0.25, -0.2) is 0 Å². The van der Waals surface area contributed by atoms with Gasteiger partial charge in [0.2, 0.25) is 0 Å². The number of aromatic nitrogens is 2. The number of hydrogen-bond donors (Lipinski definition) is 0. The van der Waals surface area contributed by atoms with E-state index >= 15 is 0 Å². The lowest BCUT2D eigenvalue weighted by Gasteiger charge is -2.47. The van der Waals surface area contributed by atoms with E-state index in [2.05, 4.69) is 16.1 Å². The SMILES string of the molecule is CC(C)(C)OC(=O)CCOCCc1cccc(CN2CCC3(CC2)CN(C(=O)c2ccn(CC4CC4)n2)CCO3)c1Cl. The average molecular weight is 601 g/mol. The molecule has 1 amide bonds. The van der Waals surface area contributed by atoms with Crippen LogP contribution in [0, 0.1) is 5.92 Å². The Morgan fingerprint density at radius 1 is 1.10 bits per heavy atom. The number of likely N-dealkylation sites (tertiary alicyclic amines) is 1. The molecule has 1 aliphatic carbocycles. The van der Waals surface area contributed by atoms with Crippen LogP contribution in [0.5, 0.6) is 0 Å². The lowest BCUT2D eigenvalue weighted by molar-refractivity contribution is -0.156. The maximum Gasteiger partial charge on any atom is 0.308 e. The van der Waals surface area contributed by atoms with Crippen LogP contribution in [0.3, 0.4) is 0 Å². The van der Waals surface area contributed by atoms with Crippen LogP contribution >= 0.6 is 11.6 Å². The summed E-state index contributed by atoms with van der Waals surface area (Å²) < 4.78 is 19.2. The summed E-state index contributed by atoms with van der Waals surface area (Å²) in [5, 5.41) is 5.34. The van der Waals surface area contributed by atoms with Crippen molar-refractivity contribution in [1.29, 1.82) is 0 Å². The summed E-state index contributed by atoms with van der Waals surface area (Å²) in [5.41, 5.74) is 1.89. The predicted molar refractivity (Wildman–Crippen MR) is 160 cm³/mol. The molecule has 0 N–H and O–H groups in total. The van der Waals surface area contributed by atoms with Crippen LogP contribution in [-0.2, 0) is 38.5 Å². The van der Waals surface area contributed by atoms with Gasteiger partial charge in [-0.15, -0.1) is 0 Å². The third-order valence-corrected chi connectivity index (χ3v) is 8.73. The number of hydrogen-bond acceptors (Lipinski definition) is 7. The number of esters is 1. The molecule has 1 spiro atoms. The van der Waals surface area contributed by atoms with Crippen molar-refractivity contribution in [2.24, 2.45) is 5.92 Å². The molecular formula is C32H45ClN4O5. The van der Waals surface area contributed by atoms with Crippen molar-refractivity contribution in [3.05, 3.63) is 52.3 Å². The van der Waals surface area contributed by atoms with Gasteiger partial charge in [0, 0.05) is 43.9 Å². The molecule has 3 aliphatic rings. The highest BCUT2D eigenvalue weighted by atomic mass is 35.5. The van der Waals surface area contributed by atoms with Gasteiger partial charge in [-0.2, -0.15) is 5.10 Å². The number of piperidine rings is 1. The number of nitrogens with zero attached hydrogens (tertiary/aromatic N) is 4. The van der Waals surface area contributed by atoms with Crippen LogP contribution in [0.4, 0.5) is 0 Å². The van der Waals surface area contributed by atoms with Crippen LogP contribution < -0.4 is 0 Å². The van der Waals surface area contributed by atoms with Crippen molar-refractivity contribution in [3.8, 4) is 0 Å². The average Bonchev–Trinajstić information content (AvgIpc) is 3.64. The highest BCUT2D eigenvalue weighted by molar-refractivity contribution is 6.32. The Kier molecular flexibility index (Phi) is 9.92. The van der Waals surface area contributed by atoms with Gasteiger partial charge in [0.05, 0.1) is 38.4 Å². The predicted octanol–water partition coefficient (Wildman–Crippen LogP) is 4.74. The number of carbonyl (C=O) groups excluding carboxylic acids is 2. The zero-order chi connectivity index (χ0) is 29.7. The van der Waals surface area contributed by atoms with Gasteiger partial charge in [0.1, 0.15) is 11.3 Å². The van der Waals surface area contributed by atoms with Gasteiger partial charge >= 0.3 is 5.97 Å². The van der Waals surface area contributed by atoms with E-state index in [4.69, 9.17) is 25.8 Å². The molecule has 0 unspecified atom stereocenters. The summed E-state index contributed by atoms with van der Waals surface area (Å²) in [4.78, 5) is 29.4. The molecular weight excluding hydrogens is 556 g/mol. The van der Waals surface area contributed by atoms with E-state index in [9.17, 15) is 9.59 Å². The van der Waals surface area contributed by atoms with Crippen molar-refractivity contribution < 1.29 is 23.8 Å². The summed E-state index contributed by atoms with van der Waals surface area (Å²) in [6.45, 7) is 11.6. The van der Waals surface area contributed by atoms with Gasteiger partial charge in [0.25, 0.3) is 5.91 Å². The molecule has 1 aromatic carbocycles. The first-order valence-corrected chi connectivity index (χ1v) is 15.7. The minimum absolute atomic E-state index is 0.00654. The van der Waals surface area contributed by atoms with Crippen molar-refractivity contribution in [2.45, 2.75) is 83.6 Å². The Morgan fingerprint density at radius 2 is 1.86 bits per heavy atom. The first-order chi connectivity index (χ1) is 20.1. The molecule has 2 aromatic rings. The molecule has 0 radical (unpaired) electrons. The largest absolute Gasteiger partial charge is 0.460 e. The van der Waals surface area contributed by atoms with Crippen LogP contribution in [-0.4, -0.2) is 88.7 Å². The monoisotopic (exact) mass is 600 g/mol. The van der Waals surface area contributed by atoms with E-state index in [1.54, 1.807) is 0 Å². The normalized spacial score (nSPS) is 19.3. The Labute approximate surface area is 254 Å². The maximum atomic E-state index is 13.2. The second-order valence-electron chi connectivity index (χ2n) is 13.0. The third-order valence-electron chi connectivity index (χ3n) is 8.24. The van der Waals surface area contributed by atoms with E-state index in [0.717, 1.165) is 61.1 Å². The van der Waals surface area contributed by atoms with Gasteiger partial charge in [-0.1, -0.05) is 29.8 Å². The van der Waals surface area contributed by atoms with E-state index in [1.807, 2.05) is 54.7 Å². The summed E-state index contributed by atoms with van der Waals surface area (Å²) in [6.07, 6.45) is 7.11. The molecule has 2 aliphatic heterocycles. The fraction of sp³-hybridized carbons (Fsp3) is 0.656. The molecule has 9 nitrogen and oxygen atoms in total. The van der Waals surface area contributed by atoms with Gasteiger partial charge in [-0.3, -0.25) is 19.2 Å². The number of morpholine rings is 1. The topological polar surface area (TPSA) is 86.1 Å². The van der Waals surface area contributed by atoms with E-state index in [-0.39, 0.29) is 23.9 Å². The highest BCUT2D eigenvalue weighted by Gasteiger charge is 2.41. The second kappa shape index (κ2) is 13.5. The molecule has 1 aromatic heterocycles. The summed E-state index contributed by atoms with van der Waals surface area (Å²) in [7, 11) is 0. The van der Waals surface area contributed by atoms with Crippen molar-refractivity contribution in [3.63, 3.8) is 0 Å². The van der Waals surface area contributed by atoms with Crippen LogP contribution in [0.2, 0.25) is 5.02 Å². The quantitative estimate of drug-likeness (QED) is 0.272. The van der Waals surface area contributed by atoms with Gasteiger partial charge in [-0.05, 0) is 76.0 Å². The zero-order valence-corrected chi connectivity index (χ0v) is 26.0. The molecule has 10 heteroatoms. The van der Waals surface area contributed by atoms with Gasteiger partial charge < -0.3 is 19.1 Å². The number of benzene rings is 1. The van der Waals surface area contributed by atoms with Crippen molar-refractivity contribution >= 4 is 23.5 Å². The highest BCUT2D eigenvalue weighted by Crippen LogP contribution is 2.33. The standard InChI is InChI=1S/C32H45ClN4O5/c1-31(2,3)42-28(38)11-19-40-18-10-25-5-4-6-26(29(25)33)22-35-15-12-32(13-16-35)23-36(17-20-41-32)30(39)27-9-14-37(34-27)21-24-7-8-24/h4-6,9,14,24H,7-8,10-13,15-23H2,1-3H3. The second-order valence-corrected chi connectivity index (χ2v) is 13.4. The summed E-state index contributed by atoms with van der Waals surface area (Å²) in [6, 6.07) is 8.01. The van der Waals surface area contributed by atoms with Crippen LogP contribution in [0.15, 0.2) is 30.5 Å². The van der Waals surface area contributed by atoms with E-state index in [1.165, 1.54) is 12.8 Å². The third kappa shape index (κ3) is 8.56. The molecule has 3 heterocycles. The molecule has 5 rings (SSSR count). The van der Waals surface area contributed by atoms with E-state index < -0.39 is 5.60 Å². The minimum Gasteiger partial charge on any atom is -0.460 e. The summed E-state index contributed by atoms with van der Waals surface area (Å²) >= 11 is 6.82. The van der Waals surface area contributed by atoms with Crippen LogP contribution in [0.25, 0.3) is 0 Å². The molecule has 42 heavy (non-hydrogen) atoms. The van der Waals surface area contributed by atoms with E-state index in [0.29, 0.717) is 45.0 Å². The Morgan fingerprint density at radius 3 is 2.60 bits per heavy atom. The molecule has 230 valence electrons. The number of ether oxygens (including phenoxy) is 3. The van der Waals surface area contributed by atoms with Gasteiger partial charge in [0.15, 0.2) is 0 Å². The first kappa shape index (κ1) is 31.0. The molecule has 0 bridgehead atoms. The molecule has 0 atom stereocenters. The number of carbonyl (C=O) groups is 2. The fourth-order valence-corrected chi connectivity index (χ4v) is 6.05. The molecule has 3 fully saturated rings. The lowest BCUT2D eigenvalue weighted by atomic mass is 9.89. The fourth-order valence-electron chi connectivity index (χ4n) is 5.77. The Bertz CT molecular complexity index is 1230. The smallest absolute Gasteiger partial charge is 0.308 e. The first-order valence-electron chi connectivity index (χ1n) is 15.3. The minimum atomic E-state index is -0.483. The van der Waals surface area contributed by atoms with Crippen molar-refractivity contribution in [1.82, 2.24) is 19.6 Å². The lowest BCUT2D eigenvalue weighted by Crippen LogP contribution is -2.58. The molecule has 1 saturated carbocycles. The van der Waals surface area contributed by atoms with Crippen LogP contribution in [0.1, 0.15) is 74.5 Å². The summed E-state index contributed by atoms with van der Waals surface area (Å²) in [5.74, 6) is 0.477. The number of rotatable bonds is 11.